The third-order valence-electron chi connectivity index (χ3n) is 2.55. The van der Waals surface area contributed by atoms with Gasteiger partial charge in [-0.3, -0.25) is 0 Å². The van der Waals surface area contributed by atoms with Crippen molar-refractivity contribution in [1.29, 1.82) is 5.26 Å². The van der Waals surface area contributed by atoms with Crippen molar-refractivity contribution in [1.82, 2.24) is 5.32 Å². The number of unbranched alkanes of at least 4 members (excludes halogenated alkanes) is 2. The molecule has 0 aliphatic heterocycles. The van der Waals surface area contributed by atoms with Crippen molar-refractivity contribution in [3.8, 4) is 6.07 Å². The second kappa shape index (κ2) is 4.47. The van der Waals surface area contributed by atoms with Crippen molar-refractivity contribution in [3.63, 3.8) is 0 Å². The molecule has 2 nitrogen and oxygen atoms in total. The van der Waals surface area contributed by atoms with Crippen molar-refractivity contribution < 1.29 is 0 Å². The van der Waals surface area contributed by atoms with Crippen LogP contribution in [0, 0.1) is 16.7 Å². The molecule has 0 unspecified atom stereocenters. The van der Waals surface area contributed by atoms with Crippen LogP contribution in [0.15, 0.2) is 0 Å². The first-order chi connectivity index (χ1) is 5.77. The molecule has 2 heteroatoms. The fraction of sp³-hybridized carbons (Fsp3) is 0.900. The molecule has 0 aromatic carbocycles. The molecule has 0 saturated heterocycles. The van der Waals surface area contributed by atoms with Gasteiger partial charge in [-0.1, -0.05) is 6.92 Å². The quantitative estimate of drug-likeness (QED) is 0.613. The maximum Gasteiger partial charge on any atom is 0.0621 e. The highest BCUT2D eigenvalue weighted by Gasteiger charge is 2.36. The van der Waals surface area contributed by atoms with E-state index in [1.807, 2.05) is 0 Å². The lowest BCUT2D eigenvalue weighted by molar-refractivity contribution is 0.491. The van der Waals surface area contributed by atoms with E-state index in [0.717, 1.165) is 19.4 Å². The largest absolute Gasteiger partial charge is 0.316 e. The third kappa shape index (κ3) is 3.73. The van der Waals surface area contributed by atoms with Crippen LogP contribution in [0.25, 0.3) is 0 Å². The average molecular weight is 166 g/mol. The predicted molar refractivity (Wildman–Crippen MR) is 49.7 cm³/mol. The second-order valence-electron chi connectivity index (χ2n) is 4.10. The van der Waals surface area contributed by atoms with E-state index in [0.29, 0.717) is 11.8 Å². The topological polar surface area (TPSA) is 35.8 Å². The fourth-order valence-corrected chi connectivity index (χ4v) is 1.23. The smallest absolute Gasteiger partial charge is 0.0621 e. The van der Waals surface area contributed by atoms with Crippen LogP contribution in [-0.2, 0) is 0 Å². The summed E-state index contributed by atoms with van der Waals surface area (Å²) in [6, 6.07) is 2.16. The highest BCUT2D eigenvalue weighted by molar-refractivity contribution is 4.90. The molecular weight excluding hydrogens is 148 g/mol. The molecule has 1 aliphatic rings. The highest BCUT2D eigenvalue weighted by Crippen LogP contribution is 2.43. The van der Waals surface area contributed by atoms with Crippen LogP contribution in [-0.4, -0.2) is 13.1 Å². The van der Waals surface area contributed by atoms with Crippen LogP contribution in [0.2, 0.25) is 0 Å². The summed E-state index contributed by atoms with van der Waals surface area (Å²) in [5.41, 5.74) is 0.620. The van der Waals surface area contributed by atoms with Gasteiger partial charge >= 0.3 is 0 Å². The SMILES string of the molecule is CC1(CNCCCCC#N)CC1. The normalized spacial score (nSPS) is 18.7. The molecule has 1 saturated carbocycles. The van der Waals surface area contributed by atoms with Crippen LogP contribution >= 0.6 is 0 Å². The summed E-state index contributed by atoms with van der Waals surface area (Å²) in [6.45, 7) is 4.58. The Balaban J connectivity index is 1.81. The predicted octanol–water partition coefficient (Wildman–Crippen LogP) is 2.07. The van der Waals surface area contributed by atoms with E-state index >= 15 is 0 Å². The molecule has 0 bridgehead atoms. The Hall–Kier alpha value is -0.550. The van der Waals surface area contributed by atoms with Gasteiger partial charge in [0.1, 0.15) is 0 Å². The van der Waals surface area contributed by atoms with Crippen LogP contribution in [0.1, 0.15) is 39.0 Å². The van der Waals surface area contributed by atoms with Gasteiger partial charge in [-0.15, -0.1) is 0 Å². The van der Waals surface area contributed by atoms with E-state index in [9.17, 15) is 0 Å². The molecule has 0 radical (unpaired) electrons. The van der Waals surface area contributed by atoms with Crippen molar-refractivity contribution in [2.45, 2.75) is 39.0 Å². The zero-order valence-electron chi connectivity index (χ0n) is 7.90. The van der Waals surface area contributed by atoms with Gasteiger partial charge in [0.2, 0.25) is 0 Å². The van der Waals surface area contributed by atoms with Gasteiger partial charge in [-0.05, 0) is 37.6 Å². The summed E-state index contributed by atoms with van der Waals surface area (Å²) in [7, 11) is 0. The molecule has 0 amide bonds. The summed E-state index contributed by atoms with van der Waals surface area (Å²) in [5, 5.41) is 11.7. The Morgan fingerprint density at radius 2 is 2.17 bits per heavy atom. The Kier molecular flexibility index (Phi) is 3.55. The van der Waals surface area contributed by atoms with E-state index in [1.54, 1.807) is 0 Å². The van der Waals surface area contributed by atoms with Crippen LogP contribution in [0.5, 0.6) is 0 Å². The van der Waals surface area contributed by atoms with Gasteiger partial charge in [-0.2, -0.15) is 5.26 Å². The van der Waals surface area contributed by atoms with E-state index < -0.39 is 0 Å². The lowest BCUT2D eigenvalue weighted by Gasteiger charge is -2.08. The van der Waals surface area contributed by atoms with Crippen LogP contribution in [0.4, 0.5) is 0 Å². The zero-order valence-corrected chi connectivity index (χ0v) is 7.90. The van der Waals surface area contributed by atoms with Gasteiger partial charge < -0.3 is 5.32 Å². The van der Waals surface area contributed by atoms with Crippen molar-refractivity contribution in [3.05, 3.63) is 0 Å². The number of hydrogen-bond donors (Lipinski definition) is 1. The number of nitrogens with zero attached hydrogens (tertiary/aromatic N) is 1. The highest BCUT2D eigenvalue weighted by atomic mass is 14.9. The summed E-state index contributed by atoms with van der Waals surface area (Å²) in [5.74, 6) is 0. The van der Waals surface area contributed by atoms with Gasteiger partial charge in [0.25, 0.3) is 0 Å². The van der Waals surface area contributed by atoms with Crippen molar-refractivity contribution in [2.24, 2.45) is 5.41 Å². The van der Waals surface area contributed by atoms with Crippen molar-refractivity contribution in [2.75, 3.05) is 13.1 Å². The van der Waals surface area contributed by atoms with Gasteiger partial charge in [-0.25, -0.2) is 0 Å². The van der Waals surface area contributed by atoms with Crippen LogP contribution in [0.3, 0.4) is 0 Å². The number of nitrogens with one attached hydrogen (secondary N) is 1. The van der Waals surface area contributed by atoms with Crippen molar-refractivity contribution >= 4 is 0 Å². The molecule has 0 atom stereocenters. The van der Waals surface area contributed by atoms with E-state index in [1.165, 1.54) is 19.4 Å². The maximum atomic E-state index is 8.29. The van der Waals surface area contributed by atoms with Gasteiger partial charge in [0.05, 0.1) is 6.07 Å². The molecule has 68 valence electrons. The Morgan fingerprint density at radius 3 is 2.75 bits per heavy atom. The summed E-state index contributed by atoms with van der Waals surface area (Å²) in [4.78, 5) is 0. The zero-order chi connectivity index (χ0) is 8.86. The van der Waals surface area contributed by atoms with E-state index in [-0.39, 0.29) is 0 Å². The number of hydrogen-bond acceptors (Lipinski definition) is 2. The van der Waals surface area contributed by atoms with E-state index in [4.69, 9.17) is 5.26 Å². The monoisotopic (exact) mass is 166 g/mol. The molecule has 1 rings (SSSR count). The Bertz CT molecular complexity index is 165. The first-order valence-electron chi connectivity index (χ1n) is 4.84. The van der Waals surface area contributed by atoms with Gasteiger partial charge in [0, 0.05) is 13.0 Å². The third-order valence-corrected chi connectivity index (χ3v) is 2.55. The summed E-state index contributed by atoms with van der Waals surface area (Å²) < 4.78 is 0. The molecule has 0 aromatic rings. The molecule has 0 heterocycles. The first kappa shape index (κ1) is 9.54. The lowest BCUT2D eigenvalue weighted by Crippen LogP contribution is -2.22. The molecule has 1 aliphatic carbocycles. The average Bonchev–Trinajstić information content (AvgIpc) is 2.77. The second-order valence-corrected chi connectivity index (χ2v) is 4.10. The minimum Gasteiger partial charge on any atom is -0.316 e. The lowest BCUT2D eigenvalue weighted by atomic mass is 10.1. The first-order valence-corrected chi connectivity index (χ1v) is 4.84. The summed E-state index contributed by atoms with van der Waals surface area (Å²) >= 11 is 0. The fourth-order valence-electron chi connectivity index (χ4n) is 1.23. The minimum atomic E-state index is 0.620. The molecular formula is C10H18N2. The number of rotatable bonds is 6. The maximum absolute atomic E-state index is 8.29. The number of nitriles is 1. The van der Waals surface area contributed by atoms with Crippen LogP contribution < -0.4 is 5.32 Å². The van der Waals surface area contributed by atoms with E-state index in [2.05, 4.69) is 18.3 Å². The molecule has 1 fully saturated rings. The standard InChI is InChI=1S/C10H18N2/c1-10(5-6-10)9-12-8-4-2-3-7-11/h12H,2-6,8-9H2,1H3. The Morgan fingerprint density at radius 1 is 1.42 bits per heavy atom. The molecule has 1 N–H and O–H groups in total. The van der Waals surface area contributed by atoms with Gasteiger partial charge in [0.15, 0.2) is 0 Å². The molecule has 12 heavy (non-hydrogen) atoms. The minimum absolute atomic E-state index is 0.620. The summed E-state index contributed by atoms with van der Waals surface area (Å²) in [6.07, 6.45) is 5.67. The molecule has 0 aromatic heterocycles. The Labute approximate surface area is 75.0 Å². The molecule has 0 spiro atoms.